The lowest BCUT2D eigenvalue weighted by atomic mass is 9.68. The van der Waals surface area contributed by atoms with Gasteiger partial charge in [0.15, 0.2) is 0 Å². The summed E-state index contributed by atoms with van der Waals surface area (Å²) in [4.78, 5) is 0. The maximum absolute atomic E-state index is 13.1. The Morgan fingerprint density at radius 1 is 0.842 bits per heavy atom. The highest BCUT2D eigenvalue weighted by Gasteiger charge is 2.31. The number of allylic oxidation sites excluding steroid dienone is 4. The molecule has 0 nitrogen and oxygen atoms in total. The molecule has 0 aliphatic heterocycles. The molecule has 0 unspecified atom stereocenters. The van der Waals surface area contributed by atoms with Crippen molar-refractivity contribution in [3.05, 3.63) is 23.6 Å². The van der Waals surface area contributed by atoms with Gasteiger partial charge in [0.05, 0.1) is 0 Å². The smallest absolute Gasteiger partial charge is 0.104 e. The van der Waals surface area contributed by atoms with Crippen LogP contribution in [0, 0.1) is 23.7 Å². The predicted molar refractivity (Wildman–Crippen MR) is 78.5 cm³/mol. The normalized spacial score (nSPS) is 39.9. The van der Waals surface area contributed by atoms with Crippen LogP contribution in [0.5, 0.6) is 0 Å². The topological polar surface area (TPSA) is 0 Å². The van der Waals surface area contributed by atoms with E-state index in [2.05, 4.69) is 6.92 Å². The Balaban J connectivity index is 1.47. The minimum Gasteiger partial charge on any atom is -0.211 e. The Morgan fingerprint density at radius 2 is 1.42 bits per heavy atom. The molecule has 0 spiro atoms. The summed E-state index contributed by atoms with van der Waals surface area (Å²) in [6, 6.07) is 0. The van der Waals surface area contributed by atoms with Gasteiger partial charge in [-0.2, -0.15) is 0 Å². The van der Waals surface area contributed by atoms with Crippen molar-refractivity contribution in [1.82, 2.24) is 0 Å². The highest BCUT2D eigenvalue weighted by atomic mass is 19.1. The van der Waals surface area contributed by atoms with Gasteiger partial charge in [0.1, 0.15) is 5.83 Å². The van der Waals surface area contributed by atoms with Crippen molar-refractivity contribution in [2.45, 2.75) is 64.7 Å². The molecule has 0 radical (unpaired) electrons. The van der Waals surface area contributed by atoms with Gasteiger partial charge in [0.25, 0.3) is 0 Å². The molecule has 0 atom stereocenters. The number of hydrogen-bond acceptors (Lipinski definition) is 0. The average molecular weight is 262 g/mol. The van der Waals surface area contributed by atoms with Crippen LogP contribution in [0.1, 0.15) is 64.7 Å². The second-order valence-electron chi connectivity index (χ2n) is 7.16. The zero-order valence-electron chi connectivity index (χ0n) is 12.2. The van der Waals surface area contributed by atoms with E-state index >= 15 is 0 Å². The molecule has 0 aromatic heterocycles. The van der Waals surface area contributed by atoms with Crippen LogP contribution in [0.4, 0.5) is 4.39 Å². The van der Waals surface area contributed by atoms with E-state index in [1.807, 2.05) is 6.08 Å². The number of hydrogen-bond donors (Lipinski definition) is 0. The maximum atomic E-state index is 13.1. The van der Waals surface area contributed by atoms with Gasteiger partial charge in [0, 0.05) is 6.42 Å². The molecule has 0 aromatic carbocycles. The minimum absolute atomic E-state index is 0.0680. The molecule has 0 amide bonds. The van der Waals surface area contributed by atoms with E-state index in [-0.39, 0.29) is 5.83 Å². The van der Waals surface area contributed by atoms with Crippen LogP contribution in [-0.4, -0.2) is 0 Å². The van der Waals surface area contributed by atoms with E-state index in [9.17, 15) is 4.39 Å². The van der Waals surface area contributed by atoms with E-state index in [0.717, 1.165) is 17.8 Å². The molecule has 1 heteroatoms. The summed E-state index contributed by atoms with van der Waals surface area (Å²) in [5.74, 6) is 3.69. The quantitative estimate of drug-likeness (QED) is 0.589. The van der Waals surface area contributed by atoms with Crippen molar-refractivity contribution >= 4 is 0 Å². The number of halogens is 1. The van der Waals surface area contributed by atoms with E-state index in [0.29, 0.717) is 12.3 Å². The number of rotatable bonds is 2. The van der Waals surface area contributed by atoms with Crippen molar-refractivity contribution in [3.8, 4) is 0 Å². The Labute approximate surface area is 117 Å². The summed E-state index contributed by atoms with van der Waals surface area (Å²) in [7, 11) is 0. The summed E-state index contributed by atoms with van der Waals surface area (Å²) >= 11 is 0. The zero-order chi connectivity index (χ0) is 13.2. The van der Waals surface area contributed by atoms with Crippen LogP contribution in [0.15, 0.2) is 23.6 Å². The van der Waals surface area contributed by atoms with Gasteiger partial charge in [0.2, 0.25) is 0 Å². The van der Waals surface area contributed by atoms with Gasteiger partial charge in [-0.25, -0.2) is 4.39 Å². The standard InChI is InChI=1S/C18H27F/c1-13-2-4-14(5-3-13)15-6-8-16(9-7-15)17-10-11-18(19)12-17/h10-11,13-16H,2-9,12H2,1H3. The molecule has 3 aliphatic rings. The summed E-state index contributed by atoms with van der Waals surface area (Å²) in [6.45, 7) is 2.40. The van der Waals surface area contributed by atoms with Crippen molar-refractivity contribution in [2.75, 3.05) is 0 Å². The van der Waals surface area contributed by atoms with Crippen molar-refractivity contribution < 1.29 is 4.39 Å². The Morgan fingerprint density at radius 3 is 1.95 bits per heavy atom. The van der Waals surface area contributed by atoms with Gasteiger partial charge < -0.3 is 0 Å². The molecule has 0 aromatic rings. The van der Waals surface area contributed by atoms with Gasteiger partial charge in [-0.05, 0) is 68.3 Å². The third kappa shape index (κ3) is 3.12. The fraction of sp³-hybridized carbons (Fsp3) is 0.778. The first-order chi connectivity index (χ1) is 9.22. The molecule has 0 saturated heterocycles. The van der Waals surface area contributed by atoms with Crippen LogP contribution < -0.4 is 0 Å². The van der Waals surface area contributed by atoms with E-state index in [1.54, 1.807) is 6.08 Å². The van der Waals surface area contributed by atoms with Gasteiger partial charge in [-0.15, -0.1) is 0 Å². The predicted octanol–water partition coefficient (Wildman–Crippen LogP) is 5.80. The third-order valence-corrected chi connectivity index (χ3v) is 5.87. The fourth-order valence-corrected chi connectivity index (χ4v) is 4.51. The van der Waals surface area contributed by atoms with Gasteiger partial charge >= 0.3 is 0 Å². The van der Waals surface area contributed by atoms with Crippen molar-refractivity contribution in [2.24, 2.45) is 23.7 Å². The third-order valence-electron chi connectivity index (χ3n) is 5.87. The lowest BCUT2D eigenvalue weighted by molar-refractivity contribution is 0.157. The van der Waals surface area contributed by atoms with Crippen molar-refractivity contribution in [3.63, 3.8) is 0 Å². The molecule has 3 aliphatic carbocycles. The molecule has 19 heavy (non-hydrogen) atoms. The lowest BCUT2D eigenvalue weighted by Gasteiger charge is -2.37. The minimum atomic E-state index is 0.0680. The van der Waals surface area contributed by atoms with Gasteiger partial charge in [-0.1, -0.05) is 31.4 Å². The molecule has 0 bridgehead atoms. The molecular formula is C18H27F. The molecule has 2 saturated carbocycles. The SMILES string of the molecule is CC1CCC(C2CCC(C3=CC=C(F)C3)CC2)CC1. The van der Waals surface area contributed by atoms with Crippen LogP contribution in [0.25, 0.3) is 0 Å². The van der Waals surface area contributed by atoms with Crippen LogP contribution >= 0.6 is 0 Å². The molecule has 2 fully saturated rings. The highest BCUT2D eigenvalue weighted by molar-refractivity contribution is 5.28. The maximum Gasteiger partial charge on any atom is 0.104 e. The first-order valence-corrected chi connectivity index (χ1v) is 8.27. The van der Waals surface area contributed by atoms with Gasteiger partial charge in [-0.3, -0.25) is 0 Å². The van der Waals surface area contributed by atoms with Crippen LogP contribution in [0.2, 0.25) is 0 Å². The lowest BCUT2D eigenvalue weighted by Crippen LogP contribution is -2.25. The van der Waals surface area contributed by atoms with E-state index in [1.165, 1.54) is 56.9 Å². The first-order valence-electron chi connectivity index (χ1n) is 8.27. The largest absolute Gasteiger partial charge is 0.211 e. The Bertz CT molecular complexity index is 363. The summed E-state index contributed by atoms with van der Waals surface area (Å²) in [5.41, 5.74) is 1.37. The van der Waals surface area contributed by atoms with Crippen LogP contribution in [-0.2, 0) is 0 Å². The first kappa shape index (κ1) is 13.4. The molecule has 3 rings (SSSR count). The monoisotopic (exact) mass is 262 g/mol. The summed E-state index contributed by atoms with van der Waals surface area (Å²) in [6.07, 6.45) is 15.6. The fourth-order valence-electron chi connectivity index (χ4n) is 4.51. The second-order valence-corrected chi connectivity index (χ2v) is 7.16. The average Bonchev–Trinajstić information content (AvgIpc) is 2.87. The van der Waals surface area contributed by atoms with Crippen LogP contribution in [0.3, 0.4) is 0 Å². The van der Waals surface area contributed by atoms with E-state index in [4.69, 9.17) is 0 Å². The Hall–Kier alpha value is -0.590. The zero-order valence-corrected chi connectivity index (χ0v) is 12.2. The summed E-state index contributed by atoms with van der Waals surface area (Å²) in [5, 5.41) is 0. The molecule has 106 valence electrons. The molecule has 0 N–H and O–H groups in total. The van der Waals surface area contributed by atoms with Crippen molar-refractivity contribution in [1.29, 1.82) is 0 Å². The molecule has 0 heterocycles. The summed E-state index contributed by atoms with van der Waals surface area (Å²) < 4.78 is 13.1. The van der Waals surface area contributed by atoms with E-state index < -0.39 is 0 Å². The molecular weight excluding hydrogens is 235 g/mol. The second kappa shape index (κ2) is 5.81. The highest BCUT2D eigenvalue weighted by Crippen LogP contribution is 2.44. The Kier molecular flexibility index (Phi) is 4.10.